The lowest BCUT2D eigenvalue weighted by Gasteiger charge is -2.23. The van der Waals surface area contributed by atoms with Gasteiger partial charge in [-0.15, -0.1) is 0 Å². The molecule has 0 fully saturated rings. The van der Waals surface area contributed by atoms with Crippen LogP contribution in [-0.4, -0.2) is 17.7 Å². The van der Waals surface area contributed by atoms with Gasteiger partial charge in [-0.1, -0.05) is 70.9 Å². The highest BCUT2D eigenvalue weighted by Gasteiger charge is 2.26. The molecule has 128 valence electrons. The van der Waals surface area contributed by atoms with E-state index in [9.17, 15) is 9.59 Å². The maximum absolute atomic E-state index is 12.6. The maximum atomic E-state index is 12.6. The second-order valence-electron chi connectivity index (χ2n) is 6.58. The maximum Gasteiger partial charge on any atom is 0.223 e. The molecule has 0 radical (unpaired) electrons. The third-order valence-corrected chi connectivity index (χ3v) is 4.16. The average molecular weight is 317 g/mol. The van der Waals surface area contributed by atoms with E-state index in [4.69, 9.17) is 0 Å². The molecule has 1 aromatic carbocycles. The van der Waals surface area contributed by atoms with Crippen LogP contribution in [0.1, 0.15) is 58.9 Å². The lowest BCUT2D eigenvalue weighted by atomic mass is 9.93. The van der Waals surface area contributed by atoms with Crippen LogP contribution in [0.4, 0.5) is 0 Å². The SMILES string of the molecule is CCCC(CCC)C(=O)N[C@@H](Cc1ccccc1)C(=O)C(C)C. The topological polar surface area (TPSA) is 46.2 Å². The van der Waals surface area contributed by atoms with E-state index in [2.05, 4.69) is 19.2 Å². The number of nitrogens with one attached hydrogen (secondary N) is 1. The molecule has 0 spiro atoms. The van der Waals surface area contributed by atoms with Crippen LogP contribution >= 0.6 is 0 Å². The van der Waals surface area contributed by atoms with E-state index in [1.807, 2.05) is 44.2 Å². The van der Waals surface area contributed by atoms with E-state index in [0.717, 1.165) is 31.2 Å². The van der Waals surface area contributed by atoms with Gasteiger partial charge in [0.1, 0.15) is 0 Å². The van der Waals surface area contributed by atoms with Gasteiger partial charge in [-0.25, -0.2) is 0 Å². The smallest absolute Gasteiger partial charge is 0.223 e. The van der Waals surface area contributed by atoms with Crippen molar-refractivity contribution in [2.24, 2.45) is 11.8 Å². The van der Waals surface area contributed by atoms with E-state index >= 15 is 0 Å². The van der Waals surface area contributed by atoms with Crippen LogP contribution in [-0.2, 0) is 16.0 Å². The Labute approximate surface area is 140 Å². The monoisotopic (exact) mass is 317 g/mol. The Kier molecular flexibility index (Phi) is 8.60. The second kappa shape index (κ2) is 10.2. The second-order valence-corrected chi connectivity index (χ2v) is 6.58. The van der Waals surface area contributed by atoms with Gasteiger partial charge in [0.15, 0.2) is 5.78 Å². The van der Waals surface area contributed by atoms with Gasteiger partial charge < -0.3 is 5.32 Å². The predicted molar refractivity (Wildman–Crippen MR) is 95.2 cm³/mol. The van der Waals surface area contributed by atoms with Gasteiger partial charge in [-0.05, 0) is 24.8 Å². The van der Waals surface area contributed by atoms with Crippen LogP contribution in [0.3, 0.4) is 0 Å². The molecule has 0 aliphatic rings. The number of amides is 1. The van der Waals surface area contributed by atoms with Crippen molar-refractivity contribution in [2.75, 3.05) is 0 Å². The highest BCUT2D eigenvalue weighted by Crippen LogP contribution is 2.15. The van der Waals surface area contributed by atoms with Crippen LogP contribution in [0.2, 0.25) is 0 Å². The summed E-state index contributed by atoms with van der Waals surface area (Å²) in [6.45, 7) is 7.97. The molecule has 0 aromatic heterocycles. The van der Waals surface area contributed by atoms with Gasteiger partial charge in [0, 0.05) is 11.8 Å². The minimum Gasteiger partial charge on any atom is -0.346 e. The summed E-state index contributed by atoms with van der Waals surface area (Å²) < 4.78 is 0. The molecule has 0 unspecified atom stereocenters. The first-order valence-electron chi connectivity index (χ1n) is 8.87. The van der Waals surface area contributed by atoms with Crippen molar-refractivity contribution in [3.63, 3.8) is 0 Å². The third-order valence-electron chi connectivity index (χ3n) is 4.16. The number of hydrogen-bond donors (Lipinski definition) is 1. The van der Waals surface area contributed by atoms with Gasteiger partial charge >= 0.3 is 0 Å². The summed E-state index contributed by atoms with van der Waals surface area (Å²) in [4.78, 5) is 25.1. The van der Waals surface area contributed by atoms with Crippen LogP contribution < -0.4 is 5.32 Å². The molecule has 0 aliphatic carbocycles. The zero-order valence-corrected chi connectivity index (χ0v) is 15.0. The Morgan fingerprint density at radius 2 is 1.57 bits per heavy atom. The Balaban J connectivity index is 2.83. The summed E-state index contributed by atoms with van der Waals surface area (Å²) in [5.41, 5.74) is 1.08. The third kappa shape index (κ3) is 6.55. The molecule has 1 atom stereocenters. The zero-order chi connectivity index (χ0) is 17.2. The molecular formula is C20H31NO2. The first kappa shape index (κ1) is 19.4. The Morgan fingerprint density at radius 1 is 1.00 bits per heavy atom. The molecule has 1 N–H and O–H groups in total. The Bertz CT molecular complexity index is 476. The first-order valence-corrected chi connectivity index (χ1v) is 8.87. The Morgan fingerprint density at radius 3 is 2.04 bits per heavy atom. The number of carbonyl (C=O) groups excluding carboxylic acids is 2. The van der Waals surface area contributed by atoms with Crippen molar-refractivity contribution < 1.29 is 9.59 Å². The molecule has 3 heteroatoms. The summed E-state index contributed by atoms with van der Waals surface area (Å²) in [7, 11) is 0. The lowest BCUT2D eigenvalue weighted by Crippen LogP contribution is -2.46. The van der Waals surface area contributed by atoms with Crippen molar-refractivity contribution >= 4 is 11.7 Å². The lowest BCUT2D eigenvalue weighted by molar-refractivity contribution is -0.131. The van der Waals surface area contributed by atoms with Crippen LogP contribution in [0.15, 0.2) is 30.3 Å². The Hall–Kier alpha value is -1.64. The normalized spacial score (nSPS) is 12.4. The molecule has 0 aliphatic heterocycles. The van der Waals surface area contributed by atoms with Gasteiger partial charge in [0.25, 0.3) is 0 Å². The molecule has 23 heavy (non-hydrogen) atoms. The number of hydrogen-bond acceptors (Lipinski definition) is 2. The van der Waals surface area contributed by atoms with Gasteiger partial charge in [0.2, 0.25) is 5.91 Å². The van der Waals surface area contributed by atoms with Crippen molar-refractivity contribution in [3.05, 3.63) is 35.9 Å². The fourth-order valence-corrected chi connectivity index (χ4v) is 2.87. The fourth-order valence-electron chi connectivity index (χ4n) is 2.87. The number of Topliss-reactive ketones (excluding diaryl/α,β-unsaturated/α-hetero) is 1. The first-order chi connectivity index (χ1) is 11.0. The minimum atomic E-state index is -0.430. The van der Waals surface area contributed by atoms with Gasteiger partial charge in [-0.2, -0.15) is 0 Å². The van der Waals surface area contributed by atoms with Crippen LogP contribution in [0, 0.1) is 11.8 Å². The molecular weight excluding hydrogens is 286 g/mol. The van der Waals surface area contributed by atoms with Gasteiger partial charge in [0.05, 0.1) is 6.04 Å². The van der Waals surface area contributed by atoms with Crippen LogP contribution in [0.5, 0.6) is 0 Å². The average Bonchev–Trinajstić information content (AvgIpc) is 2.54. The van der Waals surface area contributed by atoms with Crippen molar-refractivity contribution in [1.82, 2.24) is 5.32 Å². The zero-order valence-electron chi connectivity index (χ0n) is 15.0. The van der Waals surface area contributed by atoms with E-state index < -0.39 is 6.04 Å². The molecule has 1 rings (SSSR count). The van der Waals surface area contributed by atoms with Gasteiger partial charge in [-0.3, -0.25) is 9.59 Å². The summed E-state index contributed by atoms with van der Waals surface area (Å²) >= 11 is 0. The molecule has 0 heterocycles. The van der Waals surface area contributed by atoms with E-state index in [1.165, 1.54) is 0 Å². The highest BCUT2D eigenvalue weighted by atomic mass is 16.2. The largest absolute Gasteiger partial charge is 0.346 e. The summed E-state index contributed by atoms with van der Waals surface area (Å²) in [5, 5.41) is 3.03. The predicted octanol–water partition coefficient (Wildman–Crippen LogP) is 4.16. The molecule has 1 amide bonds. The molecule has 3 nitrogen and oxygen atoms in total. The number of benzene rings is 1. The van der Waals surface area contributed by atoms with Crippen molar-refractivity contribution in [2.45, 2.75) is 65.8 Å². The number of carbonyl (C=O) groups is 2. The quantitative estimate of drug-likeness (QED) is 0.704. The highest BCUT2D eigenvalue weighted by molar-refractivity contribution is 5.91. The molecule has 1 aromatic rings. The molecule has 0 bridgehead atoms. The number of rotatable bonds is 10. The summed E-state index contributed by atoms with van der Waals surface area (Å²) in [6, 6.07) is 9.46. The minimum absolute atomic E-state index is 0.0169. The number of ketones is 1. The summed E-state index contributed by atoms with van der Waals surface area (Å²) in [5.74, 6) is 0.0700. The van der Waals surface area contributed by atoms with Crippen molar-refractivity contribution in [1.29, 1.82) is 0 Å². The summed E-state index contributed by atoms with van der Waals surface area (Å²) in [6.07, 6.45) is 4.30. The van der Waals surface area contributed by atoms with E-state index in [0.29, 0.717) is 6.42 Å². The fraction of sp³-hybridized carbons (Fsp3) is 0.600. The van der Waals surface area contributed by atoms with Crippen molar-refractivity contribution in [3.8, 4) is 0 Å². The van der Waals surface area contributed by atoms with E-state index in [1.54, 1.807) is 0 Å². The molecule has 0 saturated heterocycles. The standard InChI is InChI=1S/C20H31NO2/c1-5-10-17(11-6-2)20(23)21-18(19(22)15(3)4)14-16-12-8-7-9-13-16/h7-9,12-13,15,17-18H,5-6,10-11,14H2,1-4H3,(H,21,23)/t18-/m0/s1. The van der Waals surface area contributed by atoms with Crippen LogP contribution in [0.25, 0.3) is 0 Å². The molecule has 0 saturated carbocycles. The van der Waals surface area contributed by atoms with E-state index in [-0.39, 0.29) is 23.5 Å².